The minimum Gasteiger partial charge on any atom is -0.462 e. The van der Waals surface area contributed by atoms with Crippen molar-refractivity contribution in [1.29, 1.82) is 0 Å². The minimum atomic E-state index is 0.0463. The van der Waals surface area contributed by atoms with E-state index in [1.807, 2.05) is 0 Å². The molecule has 3 heteroatoms. The largest absolute Gasteiger partial charge is 0.462 e. The van der Waals surface area contributed by atoms with Gasteiger partial charge in [0.1, 0.15) is 6.10 Å². The van der Waals surface area contributed by atoms with Crippen molar-refractivity contribution < 1.29 is 9.53 Å². The van der Waals surface area contributed by atoms with Crippen LogP contribution in [0.3, 0.4) is 0 Å². The maximum atomic E-state index is 12.3. The van der Waals surface area contributed by atoms with Crippen molar-refractivity contribution in [3.05, 3.63) is 35.7 Å². The van der Waals surface area contributed by atoms with Gasteiger partial charge < -0.3 is 4.74 Å². The first kappa shape index (κ1) is 16.8. The van der Waals surface area contributed by atoms with Gasteiger partial charge in [0.05, 0.1) is 11.6 Å². The molecular formula is C22H29NO2. The second-order valence-electron chi connectivity index (χ2n) is 8.11. The van der Waals surface area contributed by atoms with E-state index in [4.69, 9.17) is 9.72 Å². The molecule has 2 heterocycles. The van der Waals surface area contributed by atoms with E-state index >= 15 is 0 Å². The van der Waals surface area contributed by atoms with E-state index in [1.165, 1.54) is 25.7 Å². The van der Waals surface area contributed by atoms with E-state index < -0.39 is 0 Å². The molecule has 0 unspecified atom stereocenters. The van der Waals surface area contributed by atoms with Gasteiger partial charge in [-0.05, 0) is 62.1 Å². The third kappa shape index (κ3) is 3.14. The number of fused-ring (bicyclic) bond motifs is 2. The highest BCUT2D eigenvalue weighted by Crippen LogP contribution is 2.53. The number of hydrogen-bond acceptors (Lipinski definition) is 3. The monoisotopic (exact) mass is 339 g/mol. The first-order valence-corrected chi connectivity index (χ1v) is 10.0. The fraction of sp³-hybridized carbons (Fsp3) is 0.636. The van der Waals surface area contributed by atoms with Crippen molar-refractivity contribution >= 4 is 12.0 Å². The van der Waals surface area contributed by atoms with Gasteiger partial charge in [0.15, 0.2) is 0 Å². The quantitative estimate of drug-likeness (QED) is 0.752. The maximum absolute atomic E-state index is 12.3. The van der Waals surface area contributed by atoms with Crippen LogP contribution >= 0.6 is 0 Å². The normalized spacial score (nSPS) is 37.6. The maximum Gasteiger partial charge on any atom is 0.309 e. The van der Waals surface area contributed by atoms with Crippen molar-refractivity contribution in [2.75, 3.05) is 0 Å². The predicted molar refractivity (Wildman–Crippen MR) is 98.7 cm³/mol. The van der Waals surface area contributed by atoms with Gasteiger partial charge in [0, 0.05) is 11.6 Å². The zero-order valence-corrected chi connectivity index (χ0v) is 15.4. The zero-order valence-electron chi connectivity index (χ0n) is 15.4. The van der Waals surface area contributed by atoms with E-state index in [0.717, 1.165) is 24.2 Å². The fourth-order valence-electron chi connectivity index (χ4n) is 5.58. The summed E-state index contributed by atoms with van der Waals surface area (Å²) in [5, 5.41) is 0. The Morgan fingerprint density at radius 3 is 2.96 bits per heavy atom. The van der Waals surface area contributed by atoms with Crippen LogP contribution in [-0.4, -0.2) is 17.1 Å². The fourth-order valence-corrected chi connectivity index (χ4v) is 5.58. The average molecular weight is 339 g/mol. The van der Waals surface area contributed by atoms with E-state index in [-0.39, 0.29) is 18.0 Å². The molecule has 134 valence electrons. The topological polar surface area (TPSA) is 39.2 Å². The first-order chi connectivity index (χ1) is 12.2. The number of aryl methyl sites for hydroxylation is 1. The number of carbonyl (C=O) groups is 1. The van der Waals surface area contributed by atoms with Crippen LogP contribution in [0, 0.1) is 29.6 Å². The molecule has 3 fully saturated rings. The Balaban J connectivity index is 1.63. The lowest BCUT2D eigenvalue weighted by Crippen LogP contribution is -2.42. The summed E-state index contributed by atoms with van der Waals surface area (Å²) in [7, 11) is 0. The van der Waals surface area contributed by atoms with Gasteiger partial charge >= 0.3 is 5.97 Å². The van der Waals surface area contributed by atoms with Gasteiger partial charge in [-0.15, -0.1) is 0 Å². The molecule has 1 aromatic rings. The Hall–Kier alpha value is -1.64. The molecule has 6 atom stereocenters. The summed E-state index contributed by atoms with van der Waals surface area (Å²) >= 11 is 0. The number of ether oxygens (including phenoxy) is 1. The Labute approximate surface area is 150 Å². The molecule has 0 aromatic carbocycles. The lowest BCUT2D eigenvalue weighted by Gasteiger charge is -2.45. The Kier molecular flexibility index (Phi) is 4.66. The standard InChI is InChI=1S/C22H29NO2/c1-3-16-8-6-9-17(23-16)11-12-19-18-10-5-4-7-15(18)13-20-21(19)14(2)25-22(20)24/h6,8-9,11-12,14-15,18-21H,3-5,7,10,13H2,1-2H3/t14-,15+,18-,19+,20-,21+/m1/s1. The van der Waals surface area contributed by atoms with E-state index in [0.29, 0.717) is 23.7 Å². The van der Waals surface area contributed by atoms with E-state index in [9.17, 15) is 4.79 Å². The highest BCUT2D eigenvalue weighted by atomic mass is 16.6. The summed E-state index contributed by atoms with van der Waals surface area (Å²) in [5.74, 6) is 2.34. The summed E-state index contributed by atoms with van der Waals surface area (Å²) in [4.78, 5) is 17.1. The van der Waals surface area contributed by atoms with Gasteiger partial charge in [0.2, 0.25) is 0 Å². The number of hydrogen-bond donors (Lipinski definition) is 0. The average Bonchev–Trinajstić information content (AvgIpc) is 2.93. The molecule has 3 nitrogen and oxygen atoms in total. The number of nitrogens with zero attached hydrogens (tertiary/aromatic N) is 1. The summed E-state index contributed by atoms with van der Waals surface area (Å²) < 4.78 is 5.64. The third-order valence-corrected chi connectivity index (χ3v) is 6.75. The molecule has 0 N–H and O–H groups in total. The molecule has 0 radical (unpaired) electrons. The second-order valence-corrected chi connectivity index (χ2v) is 8.11. The number of pyridine rings is 1. The predicted octanol–water partition coefficient (Wildman–Crippen LogP) is 4.66. The van der Waals surface area contributed by atoms with Gasteiger partial charge in [-0.2, -0.15) is 0 Å². The van der Waals surface area contributed by atoms with Gasteiger partial charge in [0.25, 0.3) is 0 Å². The molecule has 3 aliphatic rings. The lowest BCUT2D eigenvalue weighted by atomic mass is 9.57. The van der Waals surface area contributed by atoms with Crippen LogP contribution in [0.5, 0.6) is 0 Å². The van der Waals surface area contributed by atoms with Crippen molar-refractivity contribution in [3.8, 4) is 0 Å². The molecule has 2 aliphatic carbocycles. The summed E-state index contributed by atoms with van der Waals surface area (Å²) in [5.41, 5.74) is 2.17. The van der Waals surface area contributed by atoms with Gasteiger partial charge in [-0.1, -0.05) is 38.3 Å². The van der Waals surface area contributed by atoms with Gasteiger partial charge in [-0.25, -0.2) is 0 Å². The smallest absolute Gasteiger partial charge is 0.309 e. The summed E-state index contributed by atoms with van der Waals surface area (Å²) in [6.07, 6.45) is 11.8. The van der Waals surface area contributed by atoms with Crippen LogP contribution in [0.4, 0.5) is 0 Å². The number of cyclic esters (lactones) is 1. The molecule has 1 aliphatic heterocycles. The first-order valence-electron chi connectivity index (χ1n) is 10.0. The van der Waals surface area contributed by atoms with Crippen LogP contribution in [0.1, 0.15) is 57.3 Å². The zero-order chi connectivity index (χ0) is 17.4. The summed E-state index contributed by atoms with van der Waals surface area (Å²) in [6.45, 7) is 4.22. The Bertz CT molecular complexity index is 668. The van der Waals surface area contributed by atoms with Crippen LogP contribution in [0.2, 0.25) is 0 Å². The highest BCUT2D eigenvalue weighted by molar-refractivity contribution is 5.75. The molecule has 0 bridgehead atoms. The Morgan fingerprint density at radius 2 is 2.12 bits per heavy atom. The van der Waals surface area contributed by atoms with Crippen LogP contribution < -0.4 is 0 Å². The Morgan fingerprint density at radius 1 is 1.28 bits per heavy atom. The van der Waals surface area contributed by atoms with Gasteiger partial charge in [-0.3, -0.25) is 9.78 Å². The van der Waals surface area contributed by atoms with Crippen LogP contribution in [0.15, 0.2) is 24.3 Å². The number of rotatable bonds is 3. The number of carbonyl (C=O) groups excluding carboxylic acids is 1. The molecule has 0 amide bonds. The highest BCUT2D eigenvalue weighted by Gasteiger charge is 2.53. The molecule has 0 spiro atoms. The van der Waals surface area contributed by atoms with Crippen LogP contribution in [0.25, 0.3) is 6.08 Å². The number of allylic oxidation sites excluding steroid dienone is 1. The van der Waals surface area contributed by atoms with Crippen molar-refractivity contribution in [2.24, 2.45) is 29.6 Å². The number of esters is 1. The van der Waals surface area contributed by atoms with E-state index in [2.05, 4.69) is 44.2 Å². The van der Waals surface area contributed by atoms with Crippen molar-refractivity contribution in [3.63, 3.8) is 0 Å². The molecule has 4 rings (SSSR count). The SMILES string of the molecule is CCc1cccc(C=C[C@H]2[C@@H]3CCCC[C@H]3C[C@H]3C(=O)O[C@H](C)[C@@H]23)n1. The van der Waals surface area contributed by atoms with Crippen LogP contribution in [-0.2, 0) is 16.0 Å². The molecular weight excluding hydrogens is 310 g/mol. The molecule has 25 heavy (non-hydrogen) atoms. The van der Waals surface area contributed by atoms with Crippen molar-refractivity contribution in [1.82, 2.24) is 4.98 Å². The van der Waals surface area contributed by atoms with E-state index in [1.54, 1.807) is 0 Å². The minimum absolute atomic E-state index is 0.0463. The van der Waals surface area contributed by atoms with Crippen molar-refractivity contribution in [2.45, 2.75) is 58.5 Å². The molecule has 1 saturated heterocycles. The lowest BCUT2D eigenvalue weighted by molar-refractivity contribution is -0.144. The second kappa shape index (κ2) is 6.93. The summed E-state index contributed by atoms with van der Waals surface area (Å²) in [6, 6.07) is 6.24. The third-order valence-electron chi connectivity index (χ3n) is 6.75. The number of aromatic nitrogens is 1. The molecule has 2 saturated carbocycles. The molecule has 1 aromatic heterocycles.